The number of para-hydroxylation sites is 2. The molecule has 2 aromatic rings. The minimum Gasteiger partial charge on any atom is -0.482 e. The van der Waals surface area contributed by atoms with Crippen molar-refractivity contribution in [3.63, 3.8) is 0 Å². The van der Waals surface area contributed by atoms with Crippen molar-refractivity contribution in [1.29, 1.82) is 0 Å². The molecule has 1 aliphatic rings. The monoisotopic (exact) mass is 461 g/mol. The largest absolute Gasteiger partial charge is 0.482 e. The van der Waals surface area contributed by atoms with Crippen molar-refractivity contribution in [3.05, 3.63) is 63.8 Å². The van der Waals surface area contributed by atoms with E-state index >= 15 is 0 Å². The Hall–Kier alpha value is -3.03. The van der Waals surface area contributed by atoms with Gasteiger partial charge in [0.2, 0.25) is 0 Å². The Morgan fingerprint density at radius 1 is 1.13 bits per heavy atom. The van der Waals surface area contributed by atoms with E-state index in [0.717, 1.165) is 5.69 Å². The van der Waals surface area contributed by atoms with Crippen LogP contribution in [0.3, 0.4) is 0 Å². The number of ether oxygens (including phenoxy) is 2. The number of halogens is 2. The number of hydrogen-bond acceptors (Lipinski definition) is 6. The molecule has 1 heterocycles. The molecular weight excluding hydrogens is 441 g/mol. The second-order valence-corrected chi connectivity index (χ2v) is 7.29. The molecule has 7 nitrogen and oxygen atoms in total. The lowest BCUT2D eigenvalue weighted by atomic mass is 10.1. The zero-order valence-electron chi connectivity index (χ0n) is 17.0. The number of amidine groups is 1. The number of hydrogen-bond donors (Lipinski definition) is 2. The Bertz CT molecular complexity index is 1070. The molecule has 0 radical (unpaired) electrons. The fourth-order valence-corrected chi connectivity index (χ4v) is 3.37. The predicted molar refractivity (Wildman–Crippen MR) is 121 cm³/mol. The number of carbonyl (C=O) groups is 2. The summed E-state index contributed by atoms with van der Waals surface area (Å²) in [5.41, 5.74) is 2.04. The molecule has 0 saturated carbocycles. The number of esters is 1. The van der Waals surface area contributed by atoms with Crippen LogP contribution in [0.4, 0.5) is 11.4 Å². The van der Waals surface area contributed by atoms with E-state index in [1.165, 1.54) is 6.07 Å². The maximum absolute atomic E-state index is 12.7. The SMILES string of the molecule is CCOC(=O)C1=C(CC)Nc2ccccc2N=C1NC(=O)COc1ccc(Cl)cc1Cl. The Morgan fingerprint density at radius 3 is 2.61 bits per heavy atom. The van der Waals surface area contributed by atoms with Gasteiger partial charge in [-0.25, -0.2) is 9.79 Å². The lowest BCUT2D eigenvalue weighted by Gasteiger charge is -2.15. The Kier molecular flexibility index (Phi) is 7.55. The molecule has 162 valence electrons. The summed E-state index contributed by atoms with van der Waals surface area (Å²) in [5, 5.41) is 6.64. The van der Waals surface area contributed by atoms with Crippen molar-refractivity contribution in [2.45, 2.75) is 20.3 Å². The number of amides is 1. The average molecular weight is 462 g/mol. The van der Waals surface area contributed by atoms with Crippen LogP contribution < -0.4 is 15.4 Å². The summed E-state index contributed by atoms with van der Waals surface area (Å²) >= 11 is 12.0. The summed E-state index contributed by atoms with van der Waals surface area (Å²) in [7, 11) is 0. The molecule has 0 spiro atoms. The third-order valence-corrected chi connectivity index (χ3v) is 4.83. The molecule has 0 aromatic heterocycles. The molecule has 0 atom stereocenters. The van der Waals surface area contributed by atoms with Crippen molar-refractivity contribution in [2.75, 3.05) is 18.5 Å². The number of benzene rings is 2. The summed E-state index contributed by atoms with van der Waals surface area (Å²) in [6, 6.07) is 12.0. The van der Waals surface area contributed by atoms with E-state index in [1.54, 1.807) is 25.1 Å². The van der Waals surface area contributed by atoms with Crippen LogP contribution in [0.5, 0.6) is 5.75 Å². The fourth-order valence-electron chi connectivity index (χ4n) is 2.90. The minimum absolute atomic E-state index is 0.0866. The Balaban J connectivity index is 1.88. The minimum atomic E-state index is -0.583. The highest BCUT2D eigenvalue weighted by Crippen LogP contribution is 2.31. The van der Waals surface area contributed by atoms with E-state index in [1.807, 2.05) is 25.1 Å². The topological polar surface area (TPSA) is 89.0 Å². The van der Waals surface area contributed by atoms with Crippen LogP contribution >= 0.6 is 23.2 Å². The zero-order chi connectivity index (χ0) is 22.4. The van der Waals surface area contributed by atoms with Gasteiger partial charge in [0.25, 0.3) is 5.91 Å². The third-order valence-electron chi connectivity index (χ3n) is 4.30. The first kappa shape index (κ1) is 22.7. The molecule has 2 N–H and O–H groups in total. The summed E-state index contributed by atoms with van der Waals surface area (Å²) in [6.45, 7) is 3.45. The quantitative estimate of drug-likeness (QED) is 0.598. The number of carbonyl (C=O) groups excluding carboxylic acids is 2. The molecule has 1 amide bonds. The van der Waals surface area contributed by atoms with E-state index in [-0.39, 0.29) is 29.6 Å². The number of rotatable bonds is 6. The molecule has 1 aliphatic heterocycles. The van der Waals surface area contributed by atoms with Crippen molar-refractivity contribution in [1.82, 2.24) is 5.32 Å². The molecule has 2 aromatic carbocycles. The molecule has 0 saturated heterocycles. The van der Waals surface area contributed by atoms with Crippen molar-refractivity contribution in [2.24, 2.45) is 4.99 Å². The fraction of sp³-hybridized carbons (Fsp3) is 0.227. The van der Waals surface area contributed by atoms with Crippen LogP contribution in [0.2, 0.25) is 10.0 Å². The van der Waals surface area contributed by atoms with Gasteiger partial charge in [0.15, 0.2) is 6.61 Å². The lowest BCUT2D eigenvalue weighted by Crippen LogP contribution is -2.38. The van der Waals surface area contributed by atoms with Gasteiger partial charge in [0.05, 0.1) is 23.0 Å². The van der Waals surface area contributed by atoms with E-state index in [9.17, 15) is 9.59 Å². The first-order valence-corrected chi connectivity index (χ1v) is 10.4. The molecule has 9 heteroatoms. The van der Waals surface area contributed by atoms with Crippen molar-refractivity contribution >= 4 is 52.3 Å². The molecule has 0 unspecified atom stereocenters. The number of fused-ring (bicyclic) bond motifs is 1. The molecule has 0 fully saturated rings. The van der Waals surface area contributed by atoms with Crippen LogP contribution in [-0.4, -0.2) is 30.9 Å². The highest BCUT2D eigenvalue weighted by molar-refractivity contribution is 6.35. The van der Waals surface area contributed by atoms with Crippen molar-refractivity contribution in [3.8, 4) is 5.75 Å². The number of nitrogens with one attached hydrogen (secondary N) is 2. The number of allylic oxidation sites excluding steroid dienone is 1. The van der Waals surface area contributed by atoms with Gasteiger partial charge in [-0.05, 0) is 43.7 Å². The van der Waals surface area contributed by atoms with E-state index in [2.05, 4.69) is 15.6 Å². The molecular formula is C22H21Cl2N3O4. The van der Waals surface area contributed by atoms with Gasteiger partial charge in [-0.2, -0.15) is 0 Å². The summed E-state index contributed by atoms with van der Waals surface area (Å²) in [4.78, 5) is 29.8. The second-order valence-electron chi connectivity index (χ2n) is 6.44. The number of nitrogens with zero attached hydrogens (tertiary/aromatic N) is 1. The maximum Gasteiger partial charge on any atom is 0.343 e. The maximum atomic E-state index is 12.7. The Morgan fingerprint density at radius 2 is 1.90 bits per heavy atom. The second kappa shape index (κ2) is 10.3. The highest BCUT2D eigenvalue weighted by Gasteiger charge is 2.27. The number of aliphatic imine (C=N–C) groups is 1. The average Bonchev–Trinajstić information content (AvgIpc) is 2.89. The molecule has 3 rings (SSSR count). The number of anilines is 1. The molecule has 0 aliphatic carbocycles. The van der Waals surface area contributed by atoms with Gasteiger partial charge in [-0.3, -0.25) is 4.79 Å². The van der Waals surface area contributed by atoms with Gasteiger partial charge in [-0.15, -0.1) is 0 Å². The standard InChI is InChI=1S/C22H21Cl2N3O4/c1-3-15-20(22(29)30-4-2)21(26-17-8-6-5-7-16(17)25-15)27-19(28)12-31-18-10-9-13(23)11-14(18)24/h5-11,25H,3-4,12H2,1-2H3,(H,26,27,28). The van der Waals surface area contributed by atoms with Crippen LogP contribution in [0.1, 0.15) is 20.3 Å². The van der Waals surface area contributed by atoms with Crippen LogP contribution in [0.15, 0.2) is 58.7 Å². The van der Waals surface area contributed by atoms with E-state index in [0.29, 0.717) is 28.6 Å². The first-order valence-electron chi connectivity index (χ1n) is 9.66. The third kappa shape index (κ3) is 5.57. The first-order chi connectivity index (χ1) is 14.9. The molecule has 0 bridgehead atoms. The van der Waals surface area contributed by atoms with E-state index < -0.39 is 11.9 Å². The zero-order valence-corrected chi connectivity index (χ0v) is 18.5. The van der Waals surface area contributed by atoms with Gasteiger partial charge in [-0.1, -0.05) is 42.3 Å². The van der Waals surface area contributed by atoms with Gasteiger partial charge >= 0.3 is 5.97 Å². The summed E-state index contributed by atoms with van der Waals surface area (Å²) < 4.78 is 10.7. The van der Waals surface area contributed by atoms with Gasteiger partial charge in [0, 0.05) is 10.7 Å². The summed E-state index contributed by atoms with van der Waals surface area (Å²) in [5.74, 6) is -0.697. The van der Waals surface area contributed by atoms with Crippen LogP contribution in [0.25, 0.3) is 0 Å². The molecule has 31 heavy (non-hydrogen) atoms. The van der Waals surface area contributed by atoms with Crippen LogP contribution in [0, 0.1) is 0 Å². The highest BCUT2D eigenvalue weighted by atomic mass is 35.5. The normalized spacial score (nSPS) is 12.8. The predicted octanol–water partition coefficient (Wildman–Crippen LogP) is 4.87. The Labute approximate surface area is 190 Å². The smallest absolute Gasteiger partial charge is 0.343 e. The lowest BCUT2D eigenvalue weighted by molar-refractivity contribution is -0.137. The van der Waals surface area contributed by atoms with Gasteiger partial charge < -0.3 is 20.1 Å². The van der Waals surface area contributed by atoms with Gasteiger partial charge in [0.1, 0.15) is 17.2 Å². The van der Waals surface area contributed by atoms with Crippen LogP contribution in [-0.2, 0) is 14.3 Å². The van der Waals surface area contributed by atoms with E-state index in [4.69, 9.17) is 32.7 Å². The van der Waals surface area contributed by atoms with Crippen molar-refractivity contribution < 1.29 is 19.1 Å². The summed E-state index contributed by atoms with van der Waals surface area (Å²) in [6.07, 6.45) is 0.494.